The van der Waals surface area contributed by atoms with Crippen LogP contribution in [0.3, 0.4) is 0 Å². The Hall–Kier alpha value is -4.28. The minimum absolute atomic E-state index is 0.225. The molecule has 0 aliphatic carbocycles. The molecule has 3 unspecified atom stereocenters. The van der Waals surface area contributed by atoms with Gasteiger partial charge in [0.15, 0.2) is 12.1 Å². The monoisotopic (exact) mass is 515 g/mol. The fourth-order valence-corrected chi connectivity index (χ4v) is 4.96. The van der Waals surface area contributed by atoms with Crippen LogP contribution in [-0.4, -0.2) is 52.9 Å². The summed E-state index contributed by atoms with van der Waals surface area (Å²) >= 11 is 5.95. The van der Waals surface area contributed by atoms with Gasteiger partial charge in [0.2, 0.25) is 0 Å². The fourth-order valence-electron chi connectivity index (χ4n) is 4.84. The summed E-state index contributed by atoms with van der Waals surface area (Å²) in [5.41, 5.74) is 5.47. The molecule has 3 heterocycles. The van der Waals surface area contributed by atoms with Gasteiger partial charge in [-0.25, -0.2) is 9.91 Å². The van der Waals surface area contributed by atoms with E-state index in [0.717, 1.165) is 16.2 Å². The fraction of sp³-hybridized carbons (Fsp3) is 0.192. The molecule has 1 N–H and O–H groups in total. The molecule has 2 fully saturated rings. The van der Waals surface area contributed by atoms with E-state index in [1.54, 1.807) is 29.3 Å². The van der Waals surface area contributed by atoms with Crippen LogP contribution in [-0.2, 0) is 14.4 Å². The molecular weight excluding hydrogens is 494 g/mol. The molecular formula is C26H22ClN7O3. The normalized spacial score (nSPS) is 22.8. The van der Waals surface area contributed by atoms with Crippen molar-refractivity contribution < 1.29 is 14.4 Å². The van der Waals surface area contributed by atoms with Gasteiger partial charge in [-0.3, -0.25) is 24.4 Å². The van der Waals surface area contributed by atoms with Crippen LogP contribution in [0.15, 0.2) is 95.3 Å². The molecule has 6 rings (SSSR count). The Balaban J connectivity index is 1.23. The number of carbonyl (C=O) groups is 3. The number of nitrogens with one attached hydrogen (secondary N) is 1. The Morgan fingerprint density at radius 3 is 2.27 bits per heavy atom. The number of halogens is 1. The lowest BCUT2D eigenvalue weighted by atomic mass is 10.1. The van der Waals surface area contributed by atoms with Gasteiger partial charge < -0.3 is 0 Å². The summed E-state index contributed by atoms with van der Waals surface area (Å²) in [4.78, 5) is 40.9. The van der Waals surface area contributed by atoms with Crippen molar-refractivity contribution in [1.82, 2.24) is 15.6 Å². The highest BCUT2D eigenvalue weighted by Crippen LogP contribution is 2.33. The molecule has 0 aromatic heterocycles. The number of imide groups is 1. The molecule has 3 aromatic rings. The van der Waals surface area contributed by atoms with E-state index in [1.165, 1.54) is 5.01 Å². The van der Waals surface area contributed by atoms with E-state index in [9.17, 15) is 14.4 Å². The average Bonchev–Trinajstić information content (AvgIpc) is 3.61. The number of hydrazine groups is 2. The maximum atomic E-state index is 13.6. The highest BCUT2D eigenvalue weighted by atomic mass is 35.5. The molecule has 0 saturated carbocycles. The number of amides is 3. The van der Waals surface area contributed by atoms with Gasteiger partial charge in [-0.2, -0.15) is 5.11 Å². The Kier molecular flexibility index (Phi) is 5.82. The highest BCUT2D eigenvalue weighted by Gasteiger charge is 2.55. The number of nitrogens with zero attached hydrogens (tertiary/aromatic N) is 6. The van der Waals surface area contributed by atoms with Crippen LogP contribution in [0.25, 0.3) is 0 Å². The van der Waals surface area contributed by atoms with Crippen molar-refractivity contribution in [2.75, 3.05) is 23.0 Å². The predicted molar refractivity (Wildman–Crippen MR) is 136 cm³/mol. The van der Waals surface area contributed by atoms with Crippen molar-refractivity contribution in [3.63, 3.8) is 0 Å². The number of hydrogen-bond donors (Lipinski definition) is 1. The number of anilines is 2. The van der Waals surface area contributed by atoms with Crippen LogP contribution in [0.1, 0.15) is 11.6 Å². The standard InChI is InChI=1S/C26H22ClN7O3/c27-18-11-13-20(14-12-18)33-25(36)23-24(26(33)37)32(29-28-23)16-22(35)34-21(17-7-3-1-4-8-17)15-31(30-34)19-9-5-2-6-10-19/h1-14,21,23-24,30H,15-16H2. The van der Waals surface area contributed by atoms with Crippen LogP contribution in [0.2, 0.25) is 5.02 Å². The van der Waals surface area contributed by atoms with Gasteiger partial charge in [0, 0.05) is 5.02 Å². The smallest absolute Gasteiger partial charge is 0.263 e. The maximum Gasteiger partial charge on any atom is 0.263 e. The number of rotatable bonds is 5. The topological polar surface area (TPSA) is 101 Å². The molecule has 3 amide bonds. The summed E-state index contributed by atoms with van der Waals surface area (Å²) in [5, 5.41) is 13.3. The second kappa shape index (κ2) is 9.30. The van der Waals surface area contributed by atoms with E-state index in [2.05, 4.69) is 15.9 Å². The summed E-state index contributed by atoms with van der Waals surface area (Å²) in [7, 11) is 0. The third kappa shape index (κ3) is 4.09. The zero-order valence-corrected chi connectivity index (χ0v) is 20.3. The van der Waals surface area contributed by atoms with Gasteiger partial charge in [0.05, 0.1) is 24.0 Å². The second-order valence-corrected chi connectivity index (χ2v) is 9.35. The average molecular weight is 516 g/mol. The summed E-state index contributed by atoms with van der Waals surface area (Å²) in [6, 6.07) is 23.6. The quantitative estimate of drug-likeness (QED) is 0.524. The lowest BCUT2D eigenvalue weighted by Gasteiger charge is -2.27. The lowest BCUT2D eigenvalue weighted by Crippen LogP contribution is -2.50. The van der Waals surface area contributed by atoms with E-state index in [1.807, 2.05) is 65.7 Å². The molecule has 0 spiro atoms. The molecule has 3 aliphatic heterocycles. The predicted octanol–water partition coefficient (Wildman–Crippen LogP) is 3.14. The second-order valence-electron chi connectivity index (χ2n) is 8.92. The number of fused-ring (bicyclic) bond motifs is 1. The first-order valence-corrected chi connectivity index (χ1v) is 12.2. The van der Waals surface area contributed by atoms with Crippen LogP contribution in [0, 0.1) is 0 Å². The van der Waals surface area contributed by atoms with Gasteiger partial charge in [-0.15, -0.1) is 5.53 Å². The Bertz CT molecular complexity index is 1370. The van der Waals surface area contributed by atoms with Crippen molar-refractivity contribution in [3.05, 3.63) is 95.5 Å². The van der Waals surface area contributed by atoms with Crippen LogP contribution >= 0.6 is 11.6 Å². The first kappa shape index (κ1) is 23.1. The van der Waals surface area contributed by atoms with Gasteiger partial charge in [-0.05, 0) is 42.0 Å². The molecule has 2 saturated heterocycles. The van der Waals surface area contributed by atoms with Crippen LogP contribution < -0.4 is 15.4 Å². The Morgan fingerprint density at radius 1 is 0.892 bits per heavy atom. The van der Waals surface area contributed by atoms with E-state index in [-0.39, 0.29) is 18.5 Å². The van der Waals surface area contributed by atoms with Gasteiger partial charge in [0.25, 0.3) is 17.7 Å². The first-order valence-electron chi connectivity index (χ1n) is 11.8. The number of carbonyl (C=O) groups excluding carboxylic acids is 3. The van der Waals surface area contributed by atoms with Gasteiger partial charge in [0.1, 0.15) is 6.54 Å². The summed E-state index contributed by atoms with van der Waals surface area (Å²) in [5.74, 6) is -1.26. The van der Waals surface area contributed by atoms with Crippen molar-refractivity contribution in [2.24, 2.45) is 10.3 Å². The summed E-state index contributed by atoms with van der Waals surface area (Å²) in [6.45, 7) is 0.298. The van der Waals surface area contributed by atoms with E-state index < -0.39 is 23.9 Å². The van der Waals surface area contributed by atoms with Crippen molar-refractivity contribution in [3.8, 4) is 0 Å². The molecule has 186 valence electrons. The molecule has 11 heteroatoms. The zero-order valence-electron chi connectivity index (χ0n) is 19.5. The molecule has 3 atom stereocenters. The number of benzene rings is 3. The molecule has 0 bridgehead atoms. The van der Waals surface area contributed by atoms with Crippen molar-refractivity contribution >= 4 is 40.7 Å². The Morgan fingerprint density at radius 2 is 1.57 bits per heavy atom. The summed E-state index contributed by atoms with van der Waals surface area (Å²) in [6.07, 6.45) is 0. The maximum absolute atomic E-state index is 13.6. The summed E-state index contributed by atoms with van der Waals surface area (Å²) < 4.78 is 0. The van der Waals surface area contributed by atoms with Crippen LogP contribution in [0.5, 0.6) is 0 Å². The van der Waals surface area contributed by atoms with E-state index in [0.29, 0.717) is 17.3 Å². The molecule has 0 radical (unpaired) electrons. The molecule has 3 aromatic carbocycles. The third-order valence-electron chi connectivity index (χ3n) is 6.66. The Labute approximate surface area is 217 Å². The van der Waals surface area contributed by atoms with Crippen LogP contribution in [0.4, 0.5) is 11.4 Å². The third-order valence-corrected chi connectivity index (χ3v) is 6.91. The SMILES string of the molecule is O=C1C2N=NN(CC(=O)N3NN(c4ccccc4)CC3c3ccccc3)C2C(=O)N1c1ccc(Cl)cc1. The van der Waals surface area contributed by atoms with Gasteiger partial charge >= 0.3 is 0 Å². The zero-order chi connectivity index (χ0) is 25.5. The highest BCUT2D eigenvalue weighted by molar-refractivity contribution is 6.31. The minimum Gasteiger partial charge on any atom is -0.288 e. The lowest BCUT2D eigenvalue weighted by molar-refractivity contribution is -0.137. The molecule has 10 nitrogen and oxygen atoms in total. The van der Waals surface area contributed by atoms with E-state index >= 15 is 0 Å². The molecule has 3 aliphatic rings. The van der Waals surface area contributed by atoms with Crippen molar-refractivity contribution in [1.29, 1.82) is 0 Å². The first-order chi connectivity index (χ1) is 18.0. The van der Waals surface area contributed by atoms with E-state index in [4.69, 9.17) is 11.6 Å². The van der Waals surface area contributed by atoms with Crippen molar-refractivity contribution in [2.45, 2.75) is 18.1 Å². The van der Waals surface area contributed by atoms with Gasteiger partial charge in [-0.1, -0.05) is 65.4 Å². The number of para-hydroxylation sites is 1. The minimum atomic E-state index is -0.992. The molecule has 37 heavy (non-hydrogen) atoms. The largest absolute Gasteiger partial charge is 0.288 e. The number of hydrogen-bond acceptors (Lipinski definition) is 8.